The van der Waals surface area contributed by atoms with Crippen LogP contribution in [0.3, 0.4) is 0 Å². The van der Waals surface area contributed by atoms with Gasteiger partial charge < -0.3 is 16.0 Å². The largest absolute Gasteiger partial charge is 0.388 e. The molecule has 0 aliphatic rings. The molecular formula is C13H19N3O2. The van der Waals surface area contributed by atoms with Gasteiger partial charge >= 0.3 is 0 Å². The van der Waals surface area contributed by atoms with Crippen LogP contribution in [0.15, 0.2) is 18.2 Å². The van der Waals surface area contributed by atoms with E-state index >= 15 is 0 Å². The van der Waals surface area contributed by atoms with Gasteiger partial charge in [-0.3, -0.25) is 9.59 Å². The Morgan fingerprint density at radius 1 is 1.22 bits per heavy atom. The number of hydrogen-bond acceptors (Lipinski definition) is 3. The molecular weight excluding hydrogens is 230 g/mol. The molecule has 0 saturated heterocycles. The van der Waals surface area contributed by atoms with Gasteiger partial charge in [-0.25, -0.2) is 0 Å². The van der Waals surface area contributed by atoms with Crippen molar-refractivity contribution < 1.29 is 9.59 Å². The maximum absolute atomic E-state index is 11.9. The van der Waals surface area contributed by atoms with E-state index in [1.807, 2.05) is 20.0 Å². The summed E-state index contributed by atoms with van der Waals surface area (Å²) in [4.78, 5) is 23.2. The maximum Gasteiger partial charge on any atom is 0.251 e. The first-order valence-corrected chi connectivity index (χ1v) is 5.80. The standard InChI is InChI=1S/C13H19N3O2/c1-8-7-10(5-6-11(8)14-3)13(18)16-9(2)12(17)15-4/h5-7,9,14H,1-4H3,(H,15,17)(H,16,18). The Bertz CT molecular complexity index is 458. The maximum atomic E-state index is 11.9. The van der Waals surface area contributed by atoms with Crippen molar-refractivity contribution in [1.82, 2.24) is 10.6 Å². The van der Waals surface area contributed by atoms with E-state index in [2.05, 4.69) is 16.0 Å². The van der Waals surface area contributed by atoms with Crippen LogP contribution in [-0.2, 0) is 4.79 Å². The van der Waals surface area contributed by atoms with Crippen LogP contribution in [0.5, 0.6) is 0 Å². The third-order valence-electron chi connectivity index (χ3n) is 2.75. The Balaban J connectivity index is 2.79. The summed E-state index contributed by atoms with van der Waals surface area (Å²) >= 11 is 0. The van der Waals surface area contributed by atoms with Gasteiger partial charge in [0.05, 0.1) is 0 Å². The van der Waals surface area contributed by atoms with Crippen LogP contribution in [0.4, 0.5) is 5.69 Å². The van der Waals surface area contributed by atoms with Gasteiger partial charge in [0.15, 0.2) is 0 Å². The van der Waals surface area contributed by atoms with E-state index in [1.165, 1.54) is 7.05 Å². The molecule has 0 bridgehead atoms. The highest BCUT2D eigenvalue weighted by molar-refractivity contribution is 5.97. The van der Waals surface area contributed by atoms with Crippen molar-refractivity contribution in [3.05, 3.63) is 29.3 Å². The summed E-state index contributed by atoms with van der Waals surface area (Å²) in [7, 11) is 3.37. The Labute approximate surface area is 107 Å². The molecule has 0 aliphatic heterocycles. The predicted octanol–water partition coefficient (Wildman–Crippen LogP) is 0.901. The van der Waals surface area contributed by atoms with Crippen molar-refractivity contribution in [1.29, 1.82) is 0 Å². The molecule has 0 spiro atoms. The molecule has 98 valence electrons. The molecule has 18 heavy (non-hydrogen) atoms. The fourth-order valence-electron chi connectivity index (χ4n) is 1.65. The van der Waals surface area contributed by atoms with E-state index in [-0.39, 0.29) is 11.8 Å². The number of nitrogens with one attached hydrogen (secondary N) is 3. The molecule has 5 nitrogen and oxygen atoms in total. The molecule has 0 radical (unpaired) electrons. The summed E-state index contributed by atoms with van der Waals surface area (Å²) in [5.74, 6) is -0.469. The third-order valence-corrected chi connectivity index (χ3v) is 2.75. The van der Waals surface area contributed by atoms with E-state index in [9.17, 15) is 9.59 Å². The summed E-state index contributed by atoms with van der Waals surface area (Å²) in [6.07, 6.45) is 0. The predicted molar refractivity (Wildman–Crippen MR) is 71.7 cm³/mol. The molecule has 1 unspecified atom stereocenters. The van der Waals surface area contributed by atoms with Crippen molar-refractivity contribution >= 4 is 17.5 Å². The molecule has 0 heterocycles. The number of anilines is 1. The van der Waals surface area contributed by atoms with Crippen LogP contribution < -0.4 is 16.0 Å². The van der Waals surface area contributed by atoms with Gasteiger partial charge in [-0.2, -0.15) is 0 Å². The minimum absolute atomic E-state index is 0.216. The zero-order valence-corrected chi connectivity index (χ0v) is 11.1. The fourth-order valence-corrected chi connectivity index (χ4v) is 1.65. The van der Waals surface area contributed by atoms with Crippen LogP contribution in [0.1, 0.15) is 22.8 Å². The number of aryl methyl sites for hydroxylation is 1. The summed E-state index contributed by atoms with van der Waals surface area (Å²) in [5, 5.41) is 8.16. The summed E-state index contributed by atoms with van der Waals surface area (Å²) in [5.41, 5.74) is 2.51. The Kier molecular flexibility index (Phi) is 4.71. The Morgan fingerprint density at radius 2 is 1.89 bits per heavy atom. The molecule has 1 aromatic rings. The molecule has 3 N–H and O–H groups in total. The van der Waals surface area contributed by atoms with E-state index in [1.54, 1.807) is 19.1 Å². The lowest BCUT2D eigenvalue weighted by Gasteiger charge is -2.13. The lowest BCUT2D eigenvalue weighted by Crippen LogP contribution is -2.43. The van der Waals surface area contributed by atoms with Crippen molar-refractivity contribution in [3.8, 4) is 0 Å². The van der Waals surface area contributed by atoms with E-state index < -0.39 is 6.04 Å². The molecule has 0 fully saturated rings. The van der Waals surface area contributed by atoms with Gasteiger partial charge in [-0.1, -0.05) is 0 Å². The average Bonchev–Trinajstić information content (AvgIpc) is 2.37. The molecule has 1 rings (SSSR count). The number of carbonyl (C=O) groups is 2. The number of benzene rings is 1. The molecule has 0 saturated carbocycles. The minimum Gasteiger partial charge on any atom is -0.388 e. The second-order valence-corrected chi connectivity index (χ2v) is 4.09. The summed E-state index contributed by atoms with van der Waals surface area (Å²) in [6.45, 7) is 3.57. The smallest absolute Gasteiger partial charge is 0.251 e. The van der Waals surface area contributed by atoms with E-state index in [0.717, 1.165) is 11.3 Å². The first-order chi connectivity index (χ1) is 8.49. The third kappa shape index (κ3) is 3.23. The normalized spacial score (nSPS) is 11.6. The zero-order chi connectivity index (χ0) is 13.7. The number of amides is 2. The van der Waals surface area contributed by atoms with Gasteiger partial charge in [-0.05, 0) is 37.6 Å². The quantitative estimate of drug-likeness (QED) is 0.742. The first-order valence-electron chi connectivity index (χ1n) is 5.80. The molecule has 5 heteroatoms. The van der Waals surface area contributed by atoms with Crippen molar-refractivity contribution in [2.75, 3.05) is 19.4 Å². The first kappa shape index (κ1) is 14.0. The zero-order valence-electron chi connectivity index (χ0n) is 11.1. The van der Waals surface area contributed by atoms with E-state index in [4.69, 9.17) is 0 Å². The molecule has 2 amide bonds. The second-order valence-electron chi connectivity index (χ2n) is 4.09. The fraction of sp³-hybridized carbons (Fsp3) is 0.385. The Hall–Kier alpha value is -2.04. The van der Waals surface area contributed by atoms with Gasteiger partial charge in [0.2, 0.25) is 5.91 Å². The number of hydrogen-bond donors (Lipinski definition) is 3. The van der Waals surface area contributed by atoms with Crippen LogP contribution >= 0.6 is 0 Å². The highest BCUT2D eigenvalue weighted by Crippen LogP contribution is 2.15. The van der Waals surface area contributed by atoms with Crippen LogP contribution in [0.2, 0.25) is 0 Å². The highest BCUT2D eigenvalue weighted by atomic mass is 16.2. The highest BCUT2D eigenvalue weighted by Gasteiger charge is 2.15. The minimum atomic E-state index is -0.549. The molecule has 0 aliphatic carbocycles. The lowest BCUT2D eigenvalue weighted by molar-refractivity contribution is -0.122. The van der Waals surface area contributed by atoms with Crippen molar-refractivity contribution in [2.24, 2.45) is 0 Å². The van der Waals surface area contributed by atoms with Gasteiger partial charge in [0.1, 0.15) is 6.04 Å². The van der Waals surface area contributed by atoms with E-state index in [0.29, 0.717) is 5.56 Å². The van der Waals surface area contributed by atoms with Crippen LogP contribution in [-0.4, -0.2) is 32.0 Å². The number of likely N-dealkylation sites (N-methyl/N-ethyl adjacent to an activating group) is 1. The van der Waals surface area contributed by atoms with Crippen LogP contribution in [0, 0.1) is 6.92 Å². The molecule has 1 atom stereocenters. The Morgan fingerprint density at radius 3 is 2.39 bits per heavy atom. The van der Waals surface area contributed by atoms with Crippen molar-refractivity contribution in [2.45, 2.75) is 19.9 Å². The topological polar surface area (TPSA) is 70.2 Å². The van der Waals surface area contributed by atoms with Gasteiger partial charge in [0, 0.05) is 25.3 Å². The summed E-state index contributed by atoms with van der Waals surface area (Å²) < 4.78 is 0. The SMILES string of the molecule is CNC(=O)C(C)NC(=O)c1ccc(NC)c(C)c1. The average molecular weight is 249 g/mol. The second kappa shape index (κ2) is 6.05. The number of carbonyl (C=O) groups excluding carboxylic acids is 2. The monoisotopic (exact) mass is 249 g/mol. The van der Waals surface area contributed by atoms with Crippen molar-refractivity contribution in [3.63, 3.8) is 0 Å². The number of rotatable bonds is 4. The van der Waals surface area contributed by atoms with Gasteiger partial charge in [0.25, 0.3) is 5.91 Å². The molecule has 1 aromatic carbocycles. The van der Waals surface area contributed by atoms with Crippen LogP contribution in [0.25, 0.3) is 0 Å². The lowest BCUT2D eigenvalue weighted by atomic mass is 10.1. The molecule has 0 aromatic heterocycles. The van der Waals surface area contributed by atoms with Gasteiger partial charge in [-0.15, -0.1) is 0 Å². The summed E-state index contributed by atoms with van der Waals surface area (Å²) in [6, 6.07) is 4.81.